The highest BCUT2D eigenvalue weighted by molar-refractivity contribution is 9.10. The van der Waals surface area contributed by atoms with Gasteiger partial charge in [-0.15, -0.1) is 0 Å². The summed E-state index contributed by atoms with van der Waals surface area (Å²) >= 11 is 3.50. The third-order valence-corrected chi connectivity index (χ3v) is 7.43. The lowest BCUT2D eigenvalue weighted by Crippen LogP contribution is -2.39. The first-order valence-corrected chi connectivity index (χ1v) is 12.5. The van der Waals surface area contributed by atoms with E-state index in [1.807, 2.05) is 43.3 Å². The number of non-ortho nitro benzene ring substituents is 1. The van der Waals surface area contributed by atoms with Crippen LogP contribution < -0.4 is 10.5 Å². The second-order valence-corrected chi connectivity index (χ2v) is 10.0. The molecule has 0 bridgehead atoms. The summed E-state index contributed by atoms with van der Waals surface area (Å²) in [4.78, 5) is 50.3. The highest BCUT2D eigenvalue weighted by Crippen LogP contribution is 2.40. The van der Waals surface area contributed by atoms with Crippen LogP contribution in [0, 0.1) is 24.0 Å². The molecule has 184 valence electrons. The van der Waals surface area contributed by atoms with Crippen molar-refractivity contribution in [3.05, 3.63) is 108 Å². The molecule has 0 aliphatic carbocycles. The quantitative estimate of drug-likeness (QED) is 0.269. The van der Waals surface area contributed by atoms with Gasteiger partial charge in [0.2, 0.25) is 6.17 Å². The molecule has 2 aliphatic heterocycles. The molecule has 1 amide bonds. The zero-order chi connectivity index (χ0) is 26.0. The number of nitro groups is 1. The summed E-state index contributed by atoms with van der Waals surface area (Å²) in [5.41, 5.74) is 3.87. The summed E-state index contributed by atoms with van der Waals surface area (Å²) in [6, 6.07) is 15.8. The predicted octanol–water partition coefficient (Wildman–Crippen LogP) is 4.62. The number of carbonyl (C=O) groups excluding carboxylic acids is 1. The second kappa shape index (κ2) is 8.45. The van der Waals surface area contributed by atoms with Gasteiger partial charge in [0.15, 0.2) is 0 Å². The Balaban J connectivity index is 1.68. The van der Waals surface area contributed by atoms with E-state index in [0.29, 0.717) is 62.3 Å². The Labute approximate surface area is 219 Å². The fraction of sp³-hybridized carbons (Fsp3) is 0.185. The molecule has 0 saturated carbocycles. The number of benzene rings is 3. The van der Waals surface area contributed by atoms with Crippen LogP contribution in [-0.2, 0) is 11.2 Å². The van der Waals surface area contributed by atoms with E-state index in [2.05, 4.69) is 20.9 Å². The van der Waals surface area contributed by atoms with Crippen LogP contribution in [0.15, 0.2) is 68.9 Å². The number of carbonyl (C=O) groups is 1. The minimum atomic E-state index is -1.23. The Bertz CT molecular complexity index is 1750. The van der Waals surface area contributed by atoms with Crippen LogP contribution in [0.3, 0.4) is 0 Å². The Morgan fingerprint density at radius 3 is 2.57 bits per heavy atom. The summed E-state index contributed by atoms with van der Waals surface area (Å²) in [6.45, 7) is 3.90. The molecule has 6 rings (SSSR count). The molecule has 0 N–H and O–H groups in total. The van der Waals surface area contributed by atoms with Crippen molar-refractivity contribution in [2.75, 3.05) is 11.4 Å². The van der Waals surface area contributed by atoms with E-state index in [4.69, 9.17) is 4.99 Å². The fourth-order valence-corrected chi connectivity index (χ4v) is 5.87. The molecule has 0 fully saturated rings. The number of hydrogen-bond donors (Lipinski definition) is 0. The lowest BCUT2D eigenvalue weighted by molar-refractivity contribution is -0.384. The summed E-state index contributed by atoms with van der Waals surface area (Å²) < 4.78 is 2.03. The van der Waals surface area contributed by atoms with Crippen molar-refractivity contribution in [1.29, 1.82) is 0 Å². The van der Waals surface area contributed by atoms with Crippen molar-refractivity contribution in [2.24, 2.45) is 4.99 Å². The highest BCUT2D eigenvalue weighted by atomic mass is 79.9. The van der Waals surface area contributed by atoms with Gasteiger partial charge >= 0.3 is 0 Å². The lowest BCUT2D eigenvalue weighted by atomic mass is 9.97. The van der Waals surface area contributed by atoms with E-state index in [1.54, 1.807) is 17.9 Å². The maximum absolute atomic E-state index is 14.0. The monoisotopic (exact) mass is 557 g/mol. The molecule has 10 heteroatoms. The van der Waals surface area contributed by atoms with Crippen LogP contribution in [-0.4, -0.2) is 32.6 Å². The van der Waals surface area contributed by atoms with Crippen molar-refractivity contribution in [1.82, 2.24) is 9.55 Å². The molecular weight excluding hydrogens is 538 g/mol. The summed E-state index contributed by atoms with van der Waals surface area (Å²) in [7, 11) is 0. The number of anilines is 1. The van der Waals surface area contributed by atoms with Gasteiger partial charge in [-0.05, 0) is 59.5 Å². The summed E-state index contributed by atoms with van der Waals surface area (Å²) in [5, 5.41) is 12.1. The number of nitrogens with zero attached hydrogens (tertiary/aromatic N) is 5. The van der Waals surface area contributed by atoms with Crippen molar-refractivity contribution in [3.63, 3.8) is 0 Å². The number of nitro benzene ring substituents is 1. The van der Waals surface area contributed by atoms with E-state index in [9.17, 15) is 19.7 Å². The number of rotatable bonds is 3. The van der Waals surface area contributed by atoms with Crippen LogP contribution in [0.4, 0.5) is 11.4 Å². The third kappa shape index (κ3) is 3.59. The second-order valence-electron chi connectivity index (χ2n) is 9.19. The minimum absolute atomic E-state index is 0.0637. The van der Waals surface area contributed by atoms with Gasteiger partial charge < -0.3 is 4.90 Å². The van der Waals surface area contributed by atoms with Crippen LogP contribution in [0.1, 0.15) is 34.2 Å². The van der Waals surface area contributed by atoms with E-state index in [1.165, 1.54) is 16.7 Å². The van der Waals surface area contributed by atoms with E-state index in [0.717, 1.165) is 5.56 Å². The summed E-state index contributed by atoms with van der Waals surface area (Å²) in [5.74, 6) is -0.0363. The minimum Gasteiger partial charge on any atom is -0.308 e. The van der Waals surface area contributed by atoms with Crippen LogP contribution in [0.5, 0.6) is 0 Å². The van der Waals surface area contributed by atoms with Gasteiger partial charge in [-0.2, -0.15) is 0 Å². The average molecular weight is 558 g/mol. The molecule has 0 radical (unpaired) electrons. The fourth-order valence-electron chi connectivity index (χ4n) is 5.21. The van der Waals surface area contributed by atoms with Crippen molar-refractivity contribution >= 4 is 49.8 Å². The molecule has 9 nitrogen and oxygen atoms in total. The molecule has 1 atom stereocenters. The average Bonchev–Trinajstić information content (AvgIpc) is 3.26. The molecule has 4 aromatic rings. The van der Waals surface area contributed by atoms with E-state index < -0.39 is 11.1 Å². The standard InChI is InChI=1S/C27H20BrN5O4/c1-14-10-20-23(21(28)11-14)29-15(2)32(26(20)34)25-27(35)31-9-8-17-12-18(33(36)37)13-19(24(17)31)22(30-25)16-6-4-3-5-7-16/h3-7,10-13,25H,8-9H2,1-2H3. The van der Waals surface area contributed by atoms with Gasteiger partial charge in [0.05, 0.1) is 27.2 Å². The predicted molar refractivity (Wildman–Crippen MR) is 143 cm³/mol. The molecule has 37 heavy (non-hydrogen) atoms. The Morgan fingerprint density at radius 2 is 1.84 bits per heavy atom. The number of aliphatic imine (C=N–C) groups is 1. The van der Waals surface area contributed by atoms with E-state index >= 15 is 0 Å². The first kappa shape index (κ1) is 23.2. The van der Waals surface area contributed by atoms with Gasteiger partial charge in [-0.1, -0.05) is 30.3 Å². The Morgan fingerprint density at radius 1 is 1.08 bits per heavy atom. The van der Waals surface area contributed by atoms with Crippen LogP contribution in [0.2, 0.25) is 0 Å². The third-order valence-electron chi connectivity index (χ3n) is 6.82. The van der Waals surface area contributed by atoms with Gasteiger partial charge in [-0.3, -0.25) is 24.3 Å². The molecule has 3 heterocycles. The van der Waals surface area contributed by atoms with Gasteiger partial charge in [-0.25, -0.2) is 9.98 Å². The molecule has 1 unspecified atom stereocenters. The highest BCUT2D eigenvalue weighted by Gasteiger charge is 2.39. The van der Waals surface area contributed by atoms with Crippen molar-refractivity contribution in [2.45, 2.75) is 26.4 Å². The smallest absolute Gasteiger partial charge is 0.272 e. The number of aryl methyl sites for hydroxylation is 2. The van der Waals surface area contributed by atoms with Gasteiger partial charge in [0, 0.05) is 34.3 Å². The molecular formula is C27H20BrN5O4. The summed E-state index contributed by atoms with van der Waals surface area (Å²) in [6.07, 6.45) is -0.753. The van der Waals surface area contributed by atoms with Gasteiger partial charge in [0.1, 0.15) is 5.82 Å². The topological polar surface area (TPSA) is 111 Å². The maximum Gasteiger partial charge on any atom is 0.272 e. The largest absolute Gasteiger partial charge is 0.308 e. The first-order valence-electron chi connectivity index (χ1n) is 11.7. The van der Waals surface area contributed by atoms with Gasteiger partial charge in [0.25, 0.3) is 17.2 Å². The Hall–Kier alpha value is -4.18. The number of amides is 1. The normalized spacial score (nSPS) is 16.5. The first-order chi connectivity index (χ1) is 17.7. The molecule has 0 spiro atoms. The van der Waals surface area contributed by atoms with E-state index in [-0.39, 0.29) is 17.2 Å². The molecule has 2 aliphatic rings. The number of aromatic nitrogens is 2. The molecule has 3 aromatic carbocycles. The van der Waals surface area contributed by atoms with Crippen molar-refractivity contribution < 1.29 is 9.72 Å². The lowest BCUT2D eigenvalue weighted by Gasteiger charge is -2.23. The zero-order valence-electron chi connectivity index (χ0n) is 19.9. The molecule has 0 saturated heterocycles. The van der Waals surface area contributed by atoms with Crippen molar-refractivity contribution in [3.8, 4) is 0 Å². The molecule has 1 aromatic heterocycles. The Kier molecular flexibility index (Phi) is 5.30. The number of halogens is 1. The zero-order valence-corrected chi connectivity index (χ0v) is 21.5. The van der Waals surface area contributed by atoms with Crippen LogP contribution >= 0.6 is 15.9 Å². The van der Waals surface area contributed by atoms with Crippen LogP contribution in [0.25, 0.3) is 10.9 Å². The maximum atomic E-state index is 14.0. The number of fused-ring (bicyclic) bond motifs is 1. The number of hydrogen-bond acceptors (Lipinski definition) is 6. The SMILES string of the molecule is Cc1cc(Br)c2nc(C)n(C3N=C(c4ccccc4)c4cc([N+](=O)[O-])cc5c4N(CC5)C3=O)c(=O)c2c1.